The van der Waals surface area contributed by atoms with Gasteiger partial charge in [-0.2, -0.15) is 22.0 Å². The van der Waals surface area contributed by atoms with Gasteiger partial charge in [0.25, 0.3) is 0 Å². The molecule has 0 bridgehead atoms. The van der Waals surface area contributed by atoms with Gasteiger partial charge >= 0.3 is 18.1 Å². The van der Waals surface area contributed by atoms with Gasteiger partial charge in [-0.3, -0.25) is 4.99 Å². The van der Waals surface area contributed by atoms with E-state index in [0.717, 1.165) is 13.1 Å². The molecule has 1 heterocycles. The van der Waals surface area contributed by atoms with Gasteiger partial charge in [0.1, 0.15) is 5.82 Å². The summed E-state index contributed by atoms with van der Waals surface area (Å²) in [6, 6.07) is 4.83. The molecule has 1 aliphatic rings. The summed E-state index contributed by atoms with van der Waals surface area (Å²) in [7, 11) is 0. The van der Waals surface area contributed by atoms with Crippen LogP contribution >= 0.6 is 15.9 Å². The van der Waals surface area contributed by atoms with E-state index in [4.69, 9.17) is 5.11 Å². The fourth-order valence-electron chi connectivity index (χ4n) is 1.34. The number of nitrogens with one attached hydrogen (secondary N) is 2. The molecule has 12 heteroatoms. The van der Waals surface area contributed by atoms with Crippen molar-refractivity contribution in [1.82, 2.24) is 5.32 Å². The van der Waals surface area contributed by atoms with E-state index < -0.39 is 18.1 Å². The Balaban J connectivity index is 0.000000257. The topological polar surface area (TPSA) is 73.7 Å². The second kappa shape index (κ2) is 7.73. The zero-order valence-corrected chi connectivity index (χ0v) is 13.2. The van der Waals surface area contributed by atoms with E-state index in [9.17, 15) is 31.1 Å². The smallest absolute Gasteiger partial charge is 0.465 e. The van der Waals surface area contributed by atoms with Gasteiger partial charge in [0.05, 0.1) is 12.2 Å². The molecule has 0 atom stereocenters. The number of rotatable bonds is 2. The lowest BCUT2D eigenvalue weighted by Gasteiger charge is -2.13. The van der Waals surface area contributed by atoms with Gasteiger partial charge in [0.15, 0.2) is 5.96 Å². The number of hydrogen-bond donors (Lipinski definition) is 3. The Kier molecular flexibility index (Phi) is 6.46. The number of alkyl halides is 5. The van der Waals surface area contributed by atoms with E-state index in [1.54, 1.807) is 12.1 Å². The molecule has 0 fully saturated rings. The third kappa shape index (κ3) is 5.01. The van der Waals surface area contributed by atoms with Gasteiger partial charge in [0, 0.05) is 11.0 Å². The van der Waals surface area contributed by atoms with Crippen molar-refractivity contribution in [2.24, 2.45) is 4.99 Å². The summed E-state index contributed by atoms with van der Waals surface area (Å²) in [4.78, 5) is 13.3. The molecule has 1 aliphatic heterocycles. The quantitative estimate of drug-likeness (QED) is 0.641. The number of nitrogens with zero attached hydrogens (tertiary/aromatic N) is 1. The highest BCUT2D eigenvalue weighted by atomic mass is 79.9. The molecule has 0 saturated carbocycles. The summed E-state index contributed by atoms with van der Waals surface area (Å²) in [6.45, 7) is 1.53. The summed E-state index contributed by atoms with van der Waals surface area (Å²) in [5.41, 5.74) is 0.417. The van der Waals surface area contributed by atoms with E-state index in [1.807, 2.05) is 0 Å². The molecule has 5 nitrogen and oxygen atoms in total. The van der Waals surface area contributed by atoms with Crippen molar-refractivity contribution >= 4 is 33.5 Å². The van der Waals surface area contributed by atoms with Gasteiger partial charge in [-0.05, 0) is 28.1 Å². The van der Waals surface area contributed by atoms with Crippen LogP contribution in [-0.2, 0) is 4.79 Å². The molecule has 0 unspecified atom stereocenters. The fourth-order valence-corrected chi connectivity index (χ4v) is 1.78. The molecule has 1 aromatic rings. The van der Waals surface area contributed by atoms with Crippen molar-refractivity contribution < 1.29 is 36.2 Å². The van der Waals surface area contributed by atoms with Crippen molar-refractivity contribution in [2.45, 2.75) is 12.1 Å². The molecule has 0 radical (unpaired) electrons. The number of halogens is 7. The second-order valence-electron chi connectivity index (χ2n) is 4.26. The fraction of sp³-hybridized carbons (Fsp3) is 0.333. The first kappa shape index (κ1) is 20.1. The van der Waals surface area contributed by atoms with E-state index in [2.05, 4.69) is 31.6 Å². The van der Waals surface area contributed by atoms with Crippen molar-refractivity contribution in [3.05, 3.63) is 28.5 Å². The number of hydrogen-bond acceptors (Lipinski definition) is 4. The van der Waals surface area contributed by atoms with Crippen LogP contribution in [0.15, 0.2) is 27.7 Å². The van der Waals surface area contributed by atoms with Crippen LogP contribution in [0.5, 0.6) is 0 Å². The molecule has 24 heavy (non-hydrogen) atoms. The maximum Gasteiger partial charge on any atom is 0.465 e. The van der Waals surface area contributed by atoms with E-state index >= 15 is 0 Å². The molecular weight excluding hydrogens is 412 g/mol. The zero-order chi connectivity index (χ0) is 18.5. The lowest BCUT2D eigenvalue weighted by molar-refractivity contribution is -0.277. The van der Waals surface area contributed by atoms with Crippen molar-refractivity contribution in [3.8, 4) is 0 Å². The molecule has 0 aliphatic carbocycles. The Morgan fingerprint density at radius 1 is 1.29 bits per heavy atom. The van der Waals surface area contributed by atoms with Gasteiger partial charge in [0.2, 0.25) is 0 Å². The van der Waals surface area contributed by atoms with Gasteiger partial charge in [-0.1, -0.05) is 6.07 Å². The van der Waals surface area contributed by atoms with Crippen molar-refractivity contribution in [3.63, 3.8) is 0 Å². The molecule has 0 saturated heterocycles. The normalized spacial score (nSPS) is 14.2. The number of aliphatic carboxylic acids is 1. The van der Waals surface area contributed by atoms with Gasteiger partial charge in [-0.25, -0.2) is 9.18 Å². The van der Waals surface area contributed by atoms with Crippen molar-refractivity contribution in [1.29, 1.82) is 0 Å². The molecule has 0 aromatic heterocycles. The van der Waals surface area contributed by atoms with E-state index in [0.29, 0.717) is 16.1 Å². The number of anilines is 1. The van der Waals surface area contributed by atoms with Crippen LogP contribution in [0, 0.1) is 5.82 Å². The first-order valence-electron chi connectivity index (χ1n) is 6.14. The maximum atomic E-state index is 13.3. The third-order valence-electron chi connectivity index (χ3n) is 2.50. The Hall–Kier alpha value is -1.98. The van der Waals surface area contributed by atoms with E-state index in [1.165, 1.54) is 6.07 Å². The predicted molar refractivity (Wildman–Crippen MR) is 76.7 cm³/mol. The summed E-state index contributed by atoms with van der Waals surface area (Å²) < 4.78 is 69.5. The standard InChI is InChI=1S/C9H9BrFN3.C3HF5O2/c10-6-2-1-3-7(11)8(6)14-9-12-4-5-13-9;4-2(5,1(9)10)3(6,7)8/h1-3H,4-5H2,(H2,12,13,14);(H,9,10). The highest BCUT2D eigenvalue weighted by Crippen LogP contribution is 2.35. The molecule has 134 valence electrons. The van der Waals surface area contributed by atoms with Crippen LogP contribution in [0.1, 0.15) is 0 Å². The lowest BCUT2D eigenvalue weighted by atomic mass is 10.3. The maximum absolute atomic E-state index is 13.3. The Morgan fingerprint density at radius 3 is 2.29 bits per heavy atom. The number of carboxylic acids is 1. The number of para-hydroxylation sites is 1. The number of carbonyl (C=O) groups is 1. The first-order valence-corrected chi connectivity index (χ1v) is 6.93. The Bertz CT molecular complexity index is 615. The molecule has 0 amide bonds. The minimum absolute atomic E-state index is 0.296. The number of aliphatic imine (C=N–C) groups is 1. The monoisotopic (exact) mass is 421 g/mol. The Morgan fingerprint density at radius 2 is 1.92 bits per heavy atom. The predicted octanol–water partition coefficient (Wildman–Crippen LogP) is 3.23. The molecule has 3 N–H and O–H groups in total. The Labute approximate surface area is 139 Å². The third-order valence-corrected chi connectivity index (χ3v) is 3.17. The number of guanidine groups is 1. The molecule has 1 aromatic carbocycles. The van der Waals surface area contributed by atoms with Gasteiger partial charge in [-0.15, -0.1) is 0 Å². The SMILES string of the molecule is Fc1cccc(Br)c1NC1=NCCN1.O=C(O)C(F)(F)C(F)(F)F. The molecule has 0 spiro atoms. The van der Waals surface area contributed by atoms with Crippen LogP contribution in [-0.4, -0.2) is 42.2 Å². The van der Waals surface area contributed by atoms with Crippen molar-refractivity contribution in [2.75, 3.05) is 18.4 Å². The lowest BCUT2D eigenvalue weighted by Crippen LogP contribution is -2.43. The van der Waals surface area contributed by atoms with Crippen LogP contribution in [0.2, 0.25) is 0 Å². The van der Waals surface area contributed by atoms with E-state index in [-0.39, 0.29) is 5.82 Å². The first-order chi connectivity index (χ1) is 11.0. The molecule has 2 rings (SSSR count). The average Bonchev–Trinajstić information content (AvgIpc) is 2.95. The number of benzene rings is 1. The van der Waals surface area contributed by atoms with Gasteiger partial charge < -0.3 is 15.7 Å². The highest BCUT2D eigenvalue weighted by molar-refractivity contribution is 9.10. The van der Waals surface area contributed by atoms with Crippen LogP contribution in [0.25, 0.3) is 0 Å². The second-order valence-corrected chi connectivity index (χ2v) is 5.11. The van der Waals surface area contributed by atoms with Crippen LogP contribution in [0.3, 0.4) is 0 Å². The molecular formula is C12H10BrF6N3O2. The van der Waals surface area contributed by atoms with Crippen LogP contribution < -0.4 is 10.6 Å². The summed E-state index contributed by atoms with van der Waals surface area (Å²) in [5.74, 6) is -8.51. The zero-order valence-electron chi connectivity index (χ0n) is 11.6. The summed E-state index contributed by atoms with van der Waals surface area (Å²) in [6.07, 6.45) is -6.02. The minimum Gasteiger partial charge on any atom is -0.477 e. The summed E-state index contributed by atoms with van der Waals surface area (Å²) >= 11 is 3.27. The number of carboxylic acid groups (broad SMARTS) is 1. The highest BCUT2D eigenvalue weighted by Gasteiger charge is 2.64. The minimum atomic E-state index is -6.02. The largest absolute Gasteiger partial charge is 0.477 e. The average molecular weight is 422 g/mol. The van der Waals surface area contributed by atoms with Crippen LogP contribution in [0.4, 0.5) is 32.0 Å². The summed E-state index contributed by atoms with van der Waals surface area (Å²) in [5, 5.41) is 13.2.